The minimum absolute atomic E-state index is 0.152. The van der Waals surface area contributed by atoms with Crippen molar-refractivity contribution in [2.45, 2.75) is 110 Å². The highest BCUT2D eigenvalue weighted by molar-refractivity contribution is 6.62. The molecule has 0 bridgehead atoms. The van der Waals surface area contributed by atoms with Crippen LogP contribution in [0.25, 0.3) is 0 Å². The highest BCUT2D eigenvalue weighted by Gasteiger charge is 2.52. The van der Waals surface area contributed by atoms with E-state index in [1.54, 1.807) is 0 Å². The molecule has 1 N–H and O–H groups in total. The van der Waals surface area contributed by atoms with Crippen LogP contribution >= 0.6 is 0 Å². The number of hydrogen-bond donors (Lipinski definition) is 1. The normalized spacial score (nSPS) is 26.4. The number of rotatable bonds is 3. The number of nitrogens with zero attached hydrogens (tertiary/aromatic N) is 2. The Labute approximate surface area is 175 Å². The van der Waals surface area contributed by atoms with Crippen molar-refractivity contribution in [1.29, 1.82) is 0 Å². The number of nitrogens with one attached hydrogen (secondary N) is 1. The predicted molar refractivity (Wildman–Crippen MR) is 113 cm³/mol. The number of amides is 1. The summed E-state index contributed by atoms with van der Waals surface area (Å²) < 4.78 is 19.9. The van der Waals surface area contributed by atoms with Gasteiger partial charge in [-0.05, 0) is 81.1 Å². The average molecular weight is 405 g/mol. The molecule has 0 aromatic carbocycles. The summed E-state index contributed by atoms with van der Waals surface area (Å²) in [5, 5.41) is 7.66. The van der Waals surface area contributed by atoms with E-state index in [1.807, 2.05) is 27.0 Å². The van der Waals surface area contributed by atoms with E-state index in [-0.39, 0.29) is 30.5 Å². The number of alkyl carbamates (subject to hydrolysis) is 1. The molecular weight excluding hydrogens is 369 g/mol. The van der Waals surface area contributed by atoms with E-state index in [9.17, 15) is 4.79 Å². The van der Waals surface area contributed by atoms with Crippen LogP contribution in [0, 0.1) is 6.92 Å². The van der Waals surface area contributed by atoms with Gasteiger partial charge in [-0.15, -0.1) is 0 Å². The Morgan fingerprint density at radius 3 is 2.24 bits per heavy atom. The Balaban J connectivity index is 1.59. The second kappa shape index (κ2) is 7.62. The van der Waals surface area contributed by atoms with Gasteiger partial charge < -0.3 is 19.4 Å². The Bertz CT molecular complexity index is 730. The van der Waals surface area contributed by atoms with Crippen molar-refractivity contribution < 1.29 is 18.8 Å². The lowest BCUT2D eigenvalue weighted by Gasteiger charge is -2.32. The maximum Gasteiger partial charge on any atom is 0.498 e. The van der Waals surface area contributed by atoms with Gasteiger partial charge in [-0.1, -0.05) is 0 Å². The van der Waals surface area contributed by atoms with E-state index in [0.717, 1.165) is 36.8 Å². The average Bonchev–Trinajstić information content (AvgIpc) is 3.03. The molecule has 1 saturated heterocycles. The maximum absolute atomic E-state index is 12.0. The fraction of sp³-hybridized carbons (Fsp3) is 0.810. The summed E-state index contributed by atoms with van der Waals surface area (Å²) in [5.74, 6) is 0. The fourth-order valence-electron chi connectivity index (χ4n) is 3.95. The third-order valence-electron chi connectivity index (χ3n) is 6.35. The first-order valence-electron chi connectivity index (χ1n) is 10.7. The Morgan fingerprint density at radius 1 is 1.17 bits per heavy atom. The summed E-state index contributed by atoms with van der Waals surface area (Å²) in [5.41, 5.74) is 0.886. The van der Waals surface area contributed by atoms with Crippen LogP contribution < -0.4 is 10.8 Å². The number of carbonyl (C=O) groups is 1. The third-order valence-corrected chi connectivity index (χ3v) is 6.35. The van der Waals surface area contributed by atoms with Gasteiger partial charge in [0.1, 0.15) is 5.60 Å². The largest absolute Gasteiger partial charge is 0.498 e. The first kappa shape index (κ1) is 22.2. The summed E-state index contributed by atoms with van der Waals surface area (Å²) >= 11 is 0. The van der Waals surface area contributed by atoms with Crippen molar-refractivity contribution in [2.75, 3.05) is 0 Å². The Kier molecular flexibility index (Phi) is 5.82. The molecule has 1 saturated carbocycles. The van der Waals surface area contributed by atoms with Crippen molar-refractivity contribution in [3.05, 3.63) is 11.9 Å². The van der Waals surface area contributed by atoms with E-state index in [0.29, 0.717) is 6.04 Å². The molecule has 2 fully saturated rings. The summed E-state index contributed by atoms with van der Waals surface area (Å²) in [6, 6.07) is 0.474. The fourth-order valence-corrected chi connectivity index (χ4v) is 3.95. The van der Waals surface area contributed by atoms with Crippen LogP contribution in [0.3, 0.4) is 0 Å². The Morgan fingerprint density at radius 2 is 1.72 bits per heavy atom. The van der Waals surface area contributed by atoms with Crippen LogP contribution in [0.15, 0.2) is 6.20 Å². The molecule has 1 amide bonds. The van der Waals surface area contributed by atoms with Gasteiger partial charge in [0.25, 0.3) is 0 Å². The topological polar surface area (TPSA) is 74.6 Å². The number of ether oxygens (including phenoxy) is 1. The molecule has 2 aliphatic rings. The zero-order chi connectivity index (χ0) is 21.6. The molecule has 0 spiro atoms. The second-order valence-electron chi connectivity index (χ2n) is 10.4. The first-order valence-corrected chi connectivity index (χ1v) is 10.7. The van der Waals surface area contributed by atoms with Crippen LogP contribution in [-0.4, -0.2) is 45.8 Å². The maximum atomic E-state index is 12.0. The molecule has 162 valence electrons. The molecule has 1 aromatic rings. The molecular formula is C21H36BN3O4. The molecule has 0 unspecified atom stereocenters. The van der Waals surface area contributed by atoms with Gasteiger partial charge in [-0.25, -0.2) is 4.79 Å². The molecule has 7 nitrogen and oxygen atoms in total. The van der Waals surface area contributed by atoms with Crippen molar-refractivity contribution in [3.63, 3.8) is 0 Å². The molecule has 1 aliphatic carbocycles. The van der Waals surface area contributed by atoms with Gasteiger partial charge in [0.05, 0.1) is 17.2 Å². The van der Waals surface area contributed by atoms with Gasteiger partial charge in [0.15, 0.2) is 0 Å². The molecule has 0 radical (unpaired) electrons. The third kappa shape index (κ3) is 4.80. The molecule has 3 rings (SSSR count). The van der Waals surface area contributed by atoms with Gasteiger partial charge in [0, 0.05) is 23.4 Å². The van der Waals surface area contributed by atoms with E-state index in [1.165, 1.54) is 0 Å². The van der Waals surface area contributed by atoms with Crippen LogP contribution in [0.5, 0.6) is 0 Å². The van der Waals surface area contributed by atoms with Gasteiger partial charge >= 0.3 is 13.2 Å². The van der Waals surface area contributed by atoms with Crippen LogP contribution in [-0.2, 0) is 14.0 Å². The zero-order valence-electron chi connectivity index (χ0n) is 19.2. The predicted octanol–water partition coefficient (Wildman–Crippen LogP) is 3.50. The van der Waals surface area contributed by atoms with E-state index >= 15 is 0 Å². The molecule has 2 heterocycles. The molecule has 8 heteroatoms. The van der Waals surface area contributed by atoms with Gasteiger partial charge in [-0.3, -0.25) is 4.68 Å². The monoisotopic (exact) mass is 405 g/mol. The quantitative estimate of drug-likeness (QED) is 0.780. The van der Waals surface area contributed by atoms with Crippen LogP contribution in [0.1, 0.15) is 85.9 Å². The smallest absolute Gasteiger partial charge is 0.444 e. The van der Waals surface area contributed by atoms with Crippen molar-refractivity contribution in [2.24, 2.45) is 0 Å². The number of carbonyl (C=O) groups excluding carboxylic acids is 1. The van der Waals surface area contributed by atoms with Gasteiger partial charge in [0.2, 0.25) is 0 Å². The molecule has 1 aliphatic heterocycles. The van der Waals surface area contributed by atoms with E-state index in [4.69, 9.17) is 14.0 Å². The SMILES string of the molecule is Cc1c(B2OC(C)(C)C(C)(C)O2)cnn1C1CCC(NC(=O)OC(C)(C)C)CC1. The summed E-state index contributed by atoms with van der Waals surface area (Å²) in [6.07, 6.45) is 5.30. The first-order chi connectivity index (χ1) is 13.3. The van der Waals surface area contributed by atoms with Crippen LogP contribution in [0.2, 0.25) is 0 Å². The lowest BCUT2D eigenvalue weighted by atomic mass is 9.79. The zero-order valence-corrected chi connectivity index (χ0v) is 19.2. The minimum atomic E-state index is -0.475. The molecule has 0 atom stereocenters. The Hall–Kier alpha value is -1.54. The number of hydrogen-bond acceptors (Lipinski definition) is 5. The minimum Gasteiger partial charge on any atom is -0.444 e. The lowest BCUT2D eigenvalue weighted by molar-refractivity contribution is 0.00578. The summed E-state index contributed by atoms with van der Waals surface area (Å²) in [4.78, 5) is 12.0. The second-order valence-corrected chi connectivity index (χ2v) is 10.4. The molecule has 1 aromatic heterocycles. The van der Waals surface area contributed by atoms with Crippen molar-refractivity contribution >= 4 is 18.7 Å². The summed E-state index contributed by atoms with van der Waals surface area (Å²) in [7, 11) is -0.390. The molecule has 29 heavy (non-hydrogen) atoms. The van der Waals surface area contributed by atoms with Crippen LogP contribution in [0.4, 0.5) is 4.79 Å². The highest BCUT2D eigenvalue weighted by Crippen LogP contribution is 2.37. The summed E-state index contributed by atoms with van der Waals surface area (Å²) in [6.45, 7) is 16.0. The number of aromatic nitrogens is 2. The standard InChI is InChI=1S/C21H36BN3O4/c1-14-17(22-28-20(5,6)21(7,8)29-22)13-23-25(14)16-11-9-15(10-12-16)24-18(26)27-19(2,3)4/h13,15-16H,9-12H2,1-8H3,(H,24,26). The van der Waals surface area contributed by atoms with E-state index in [2.05, 4.69) is 49.7 Å². The van der Waals surface area contributed by atoms with E-state index < -0.39 is 5.60 Å². The van der Waals surface area contributed by atoms with Crippen molar-refractivity contribution in [1.82, 2.24) is 15.1 Å². The van der Waals surface area contributed by atoms with Crippen molar-refractivity contribution in [3.8, 4) is 0 Å². The van der Waals surface area contributed by atoms with Gasteiger partial charge in [-0.2, -0.15) is 5.10 Å². The lowest BCUT2D eigenvalue weighted by Crippen LogP contribution is -2.41. The highest BCUT2D eigenvalue weighted by atomic mass is 16.7.